The van der Waals surface area contributed by atoms with Crippen LogP contribution in [0, 0.1) is 5.92 Å². The van der Waals surface area contributed by atoms with Crippen LogP contribution < -0.4 is 9.47 Å². The maximum absolute atomic E-state index is 12.1. The van der Waals surface area contributed by atoms with E-state index >= 15 is 0 Å². The van der Waals surface area contributed by atoms with E-state index in [4.69, 9.17) is 14.2 Å². The number of fused-ring (bicyclic) bond motifs is 2. The number of amides is 1. The Morgan fingerprint density at radius 2 is 2.04 bits per heavy atom. The van der Waals surface area contributed by atoms with Crippen molar-refractivity contribution in [1.29, 1.82) is 0 Å². The number of carbonyl (C=O) groups is 1. The monoisotopic (exact) mass is 344 g/mol. The predicted molar refractivity (Wildman–Crippen MR) is 90.4 cm³/mol. The molecule has 134 valence electrons. The molecule has 5 rings (SSSR count). The van der Waals surface area contributed by atoms with Gasteiger partial charge >= 0.3 is 0 Å². The molecular weight excluding hydrogens is 320 g/mol. The second-order valence-corrected chi connectivity index (χ2v) is 7.61. The summed E-state index contributed by atoms with van der Waals surface area (Å²) >= 11 is 0. The normalized spacial score (nSPS) is 30.4. The number of nitrogens with zero attached hydrogens (tertiary/aromatic N) is 2. The maximum Gasteiger partial charge on any atom is 0.231 e. The number of ether oxygens (including phenoxy) is 3. The van der Waals surface area contributed by atoms with Crippen LogP contribution in [0.2, 0.25) is 0 Å². The fraction of sp³-hybridized carbons (Fsp3) is 0.632. The van der Waals surface area contributed by atoms with Gasteiger partial charge in [0.2, 0.25) is 12.7 Å². The van der Waals surface area contributed by atoms with Gasteiger partial charge in [0.25, 0.3) is 0 Å². The molecule has 0 N–H and O–H groups in total. The molecule has 6 nitrogen and oxygen atoms in total. The average Bonchev–Trinajstić information content (AvgIpc) is 3.19. The summed E-state index contributed by atoms with van der Waals surface area (Å²) in [6.07, 6.45) is 3.13. The van der Waals surface area contributed by atoms with Crippen LogP contribution in [0.25, 0.3) is 0 Å². The minimum Gasteiger partial charge on any atom is -0.454 e. The summed E-state index contributed by atoms with van der Waals surface area (Å²) in [6, 6.07) is 6.17. The van der Waals surface area contributed by atoms with Crippen molar-refractivity contribution in [1.82, 2.24) is 9.80 Å². The minimum absolute atomic E-state index is 0.121. The van der Waals surface area contributed by atoms with E-state index in [-0.39, 0.29) is 18.1 Å². The number of rotatable bonds is 4. The lowest BCUT2D eigenvalue weighted by Crippen LogP contribution is -2.43. The van der Waals surface area contributed by atoms with Gasteiger partial charge in [-0.05, 0) is 30.5 Å². The highest BCUT2D eigenvalue weighted by molar-refractivity contribution is 5.77. The van der Waals surface area contributed by atoms with Gasteiger partial charge in [0, 0.05) is 38.6 Å². The van der Waals surface area contributed by atoms with Crippen LogP contribution in [0.3, 0.4) is 0 Å². The molecule has 3 fully saturated rings. The molecule has 0 bridgehead atoms. The fourth-order valence-corrected chi connectivity index (χ4v) is 4.40. The van der Waals surface area contributed by atoms with Gasteiger partial charge in [-0.2, -0.15) is 0 Å². The Hall–Kier alpha value is -1.79. The smallest absolute Gasteiger partial charge is 0.231 e. The van der Waals surface area contributed by atoms with E-state index in [1.165, 1.54) is 5.56 Å². The Kier molecular flexibility index (Phi) is 3.82. The van der Waals surface area contributed by atoms with Gasteiger partial charge < -0.3 is 19.1 Å². The summed E-state index contributed by atoms with van der Waals surface area (Å²) in [4.78, 5) is 16.5. The molecule has 0 unspecified atom stereocenters. The first-order valence-electron chi connectivity index (χ1n) is 9.29. The van der Waals surface area contributed by atoms with Gasteiger partial charge in [0.1, 0.15) is 0 Å². The second kappa shape index (κ2) is 6.18. The summed E-state index contributed by atoms with van der Waals surface area (Å²) in [5.41, 5.74) is 1.24. The van der Waals surface area contributed by atoms with Crippen LogP contribution in [-0.4, -0.2) is 60.9 Å². The highest BCUT2D eigenvalue weighted by atomic mass is 16.7. The quantitative estimate of drug-likeness (QED) is 0.831. The highest BCUT2D eigenvalue weighted by Crippen LogP contribution is 2.37. The lowest BCUT2D eigenvalue weighted by molar-refractivity contribution is -0.137. The Bertz CT molecular complexity index is 661. The van der Waals surface area contributed by atoms with Gasteiger partial charge in [0.15, 0.2) is 11.5 Å². The number of hydrogen-bond acceptors (Lipinski definition) is 5. The molecule has 1 amide bonds. The van der Waals surface area contributed by atoms with Gasteiger partial charge in [-0.1, -0.05) is 6.07 Å². The third-order valence-electron chi connectivity index (χ3n) is 5.84. The SMILES string of the molecule is O=C(C[C@@H]1C[C@H]2CN(Cc3ccc4c(c3)OCO4)C[C@H]2O1)N1CCC1. The number of carbonyl (C=O) groups excluding carboxylic acids is 1. The molecule has 0 aromatic heterocycles. The van der Waals surface area contributed by atoms with E-state index in [2.05, 4.69) is 17.0 Å². The van der Waals surface area contributed by atoms with E-state index in [1.807, 2.05) is 11.0 Å². The van der Waals surface area contributed by atoms with Crippen molar-refractivity contribution < 1.29 is 19.0 Å². The summed E-state index contributed by atoms with van der Waals surface area (Å²) in [6.45, 7) is 5.09. The van der Waals surface area contributed by atoms with E-state index in [9.17, 15) is 4.79 Å². The Morgan fingerprint density at radius 1 is 1.16 bits per heavy atom. The lowest BCUT2D eigenvalue weighted by Gasteiger charge is -2.31. The molecule has 3 saturated heterocycles. The van der Waals surface area contributed by atoms with Crippen molar-refractivity contribution in [2.75, 3.05) is 33.0 Å². The van der Waals surface area contributed by atoms with E-state index in [0.29, 0.717) is 19.1 Å². The molecule has 4 aliphatic heterocycles. The van der Waals surface area contributed by atoms with Gasteiger partial charge in [-0.15, -0.1) is 0 Å². The summed E-state index contributed by atoms with van der Waals surface area (Å²) in [7, 11) is 0. The van der Waals surface area contributed by atoms with Crippen LogP contribution in [0.4, 0.5) is 0 Å². The Morgan fingerprint density at radius 3 is 2.84 bits per heavy atom. The molecule has 0 aliphatic carbocycles. The van der Waals surface area contributed by atoms with Crippen molar-refractivity contribution in [3.8, 4) is 11.5 Å². The van der Waals surface area contributed by atoms with E-state index in [0.717, 1.165) is 57.1 Å². The zero-order valence-corrected chi connectivity index (χ0v) is 14.4. The molecule has 1 aromatic carbocycles. The third-order valence-corrected chi connectivity index (χ3v) is 5.84. The third kappa shape index (κ3) is 2.98. The Balaban J connectivity index is 1.14. The van der Waals surface area contributed by atoms with Crippen molar-refractivity contribution in [2.24, 2.45) is 5.92 Å². The van der Waals surface area contributed by atoms with Gasteiger partial charge in [0.05, 0.1) is 18.6 Å². The van der Waals surface area contributed by atoms with Crippen LogP contribution in [-0.2, 0) is 16.1 Å². The molecule has 3 atom stereocenters. The van der Waals surface area contributed by atoms with E-state index in [1.54, 1.807) is 0 Å². The maximum atomic E-state index is 12.1. The highest BCUT2D eigenvalue weighted by Gasteiger charge is 2.42. The molecule has 25 heavy (non-hydrogen) atoms. The number of benzene rings is 1. The number of likely N-dealkylation sites (tertiary alicyclic amines) is 2. The standard InChI is InChI=1S/C19H24N2O4/c22-19(21-4-1-5-21)8-15-7-14-10-20(11-18(14)25-15)9-13-2-3-16-17(6-13)24-12-23-16/h2-3,6,14-15,18H,1,4-5,7-12H2/t14-,15-,18+/m0/s1. The Labute approximate surface area is 147 Å². The van der Waals surface area contributed by atoms with Crippen LogP contribution in [0.1, 0.15) is 24.8 Å². The van der Waals surface area contributed by atoms with Gasteiger partial charge in [-0.25, -0.2) is 0 Å². The summed E-state index contributed by atoms with van der Waals surface area (Å²) < 4.78 is 17.0. The van der Waals surface area contributed by atoms with Crippen LogP contribution >= 0.6 is 0 Å². The minimum atomic E-state index is 0.121. The molecule has 1 aromatic rings. The van der Waals surface area contributed by atoms with Crippen LogP contribution in [0.5, 0.6) is 11.5 Å². The zero-order chi connectivity index (χ0) is 16.8. The second-order valence-electron chi connectivity index (χ2n) is 7.61. The van der Waals surface area contributed by atoms with Crippen molar-refractivity contribution in [3.63, 3.8) is 0 Å². The first-order valence-corrected chi connectivity index (χ1v) is 9.29. The predicted octanol–water partition coefficient (Wildman–Crippen LogP) is 1.63. The largest absolute Gasteiger partial charge is 0.454 e. The first-order chi connectivity index (χ1) is 12.2. The van der Waals surface area contributed by atoms with Crippen LogP contribution in [0.15, 0.2) is 18.2 Å². The topological polar surface area (TPSA) is 51.2 Å². The molecule has 4 heterocycles. The fourth-order valence-electron chi connectivity index (χ4n) is 4.40. The first kappa shape index (κ1) is 15.5. The molecule has 4 aliphatic rings. The van der Waals surface area contributed by atoms with Crippen molar-refractivity contribution in [3.05, 3.63) is 23.8 Å². The van der Waals surface area contributed by atoms with Crippen molar-refractivity contribution in [2.45, 2.75) is 38.0 Å². The van der Waals surface area contributed by atoms with Gasteiger partial charge in [-0.3, -0.25) is 9.69 Å². The van der Waals surface area contributed by atoms with Crippen molar-refractivity contribution >= 4 is 5.91 Å². The molecular formula is C19H24N2O4. The molecule has 0 saturated carbocycles. The molecule has 0 spiro atoms. The van der Waals surface area contributed by atoms with E-state index < -0.39 is 0 Å². The summed E-state index contributed by atoms with van der Waals surface area (Å²) in [5, 5.41) is 0. The zero-order valence-electron chi connectivity index (χ0n) is 14.4. The number of hydrogen-bond donors (Lipinski definition) is 0. The lowest BCUT2D eigenvalue weighted by atomic mass is 10.0. The average molecular weight is 344 g/mol. The molecule has 0 radical (unpaired) electrons. The molecule has 6 heteroatoms. The summed E-state index contributed by atoms with van der Waals surface area (Å²) in [5.74, 6) is 2.51.